The van der Waals surface area contributed by atoms with Gasteiger partial charge in [-0.2, -0.15) is 0 Å². The van der Waals surface area contributed by atoms with Crippen molar-refractivity contribution in [3.63, 3.8) is 0 Å². The molecule has 0 fully saturated rings. The molecule has 5 heteroatoms. The Labute approximate surface area is 99.8 Å². The van der Waals surface area contributed by atoms with Crippen LogP contribution in [-0.4, -0.2) is 11.5 Å². The number of unbranched alkanes of at least 4 members (excludes halogenated alkanes) is 1. The smallest absolute Gasteiger partial charge is 0.135 e. The Bertz CT molecular complexity index is 318. The number of pyridine rings is 1. The molecule has 0 amide bonds. The van der Waals surface area contributed by atoms with Gasteiger partial charge in [0, 0.05) is 11.6 Å². The van der Waals surface area contributed by atoms with Crippen LogP contribution in [0.15, 0.2) is 12.1 Å². The van der Waals surface area contributed by atoms with Crippen molar-refractivity contribution in [3.8, 4) is 0 Å². The quantitative estimate of drug-likeness (QED) is 0.621. The van der Waals surface area contributed by atoms with Crippen molar-refractivity contribution in [2.75, 3.05) is 6.54 Å². The fraction of sp³-hybridized carbons (Fsp3) is 0.500. The van der Waals surface area contributed by atoms with Gasteiger partial charge < -0.3 is 11.5 Å². The molecule has 0 aliphatic carbocycles. The Morgan fingerprint density at radius 3 is 2.60 bits per heavy atom. The van der Waals surface area contributed by atoms with Crippen molar-refractivity contribution in [2.45, 2.75) is 25.3 Å². The van der Waals surface area contributed by atoms with Gasteiger partial charge in [-0.1, -0.05) is 35.7 Å². The summed E-state index contributed by atoms with van der Waals surface area (Å²) in [6.07, 6.45) is 2.84. The molecule has 0 radical (unpaired) electrons. The molecule has 1 atom stereocenters. The predicted molar refractivity (Wildman–Crippen MR) is 64.1 cm³/mol. The molecule has 84 valence electrons. The van der Waals surface area contributed by atoms with Crippen molar-refractivity contribution in [1.29, 1.82) is 0 Å². The molecule has 1 rings (SSSR count). The average Bonchev–Trinajstić information content (AvgIpc) is 2.17. The van der Waals surface area contributed by atoms with Crippen LogP contribution in [0.1, 0.15) is 30.9 Å². The van der Waals surface area contributed by atoms with E-state index in [1.165, 1.54) is 0 Å². The molecular weight excluding hydrogens is 233 g/mol. The number of nitrogens with zero attached hydrogens (tertiary/aromatic N) is 1. The molecule has 1 heterocycles. The molecule has 0 saturated heterocycles. The molecule has 0 aromatic carbocycles. The second-order valence-corrected chi connectivity index (χ2v) is 4.15. The summed E-state index contributed by atoms with van der Waals surface area (Å²) in [7, 11) is 0. The van der Waals surface area contributed by atoms with Gasteiger partial charge in [-0.3, -0.25) is 0 Å². The molecule has 0 saturated carbocycles. The minimum absolute atomic E-state index is 0.0891. The largest absolute Gasteiger partial charge is 0.330 e. The number of halogens is 2. The van der Waals surface area contributed by atoms with Crippen LogP contribution in [0.5, 0.6) is 0 Å². The second-order valence-electron chi connectivity index (χ2n) is 3.40. The lowest BCUT2D eigenvalue weighted by atomic mass is 10.0. The van der Waals surface area contributed by atoms with Gasteiger partial charge in [-0.05, 0) is 25.5 Å². The third-order valence-corrected chi connectivity index (χ3v) is 2.73. The summed E-state index contributed by atoms with van der Waals surface area (Å²) >= 11 is 11.6. The SMILES string of the molecule is NCCCC[C@H](N)c1ccc(Cl)nc1Cl. The van der Waals surface area contributed by atoms with Crippen LogP contribution in [0.2, 0.25) is 10.3 Å². The standard InChI is InChI=1S/C10H15Cl2N3/c11-9-5-4-7(10(12)15-9)8(14)3-1-2-6-13/h4-5,8H,1-3,6,13-14H2/t8-/m0/s1. The Balaban J connectivity index is 2.61. The summed E-state index contributed by atoms with van der Waals surface area (Å²) in [5, 5.41) is 0.778. The van der Waals surface area contributed by atoms with Crippen LogP contribution < -0.4 is 11.5 Å². The zero-order valence-electron chi connectivity index (χ0n) is 8.42. The summed E-state index contributed by atoms with van der Waals surface area (Å²) in [6, 6.07) is 3.44. The summed E-state index contributed by atoms with van der Waals surface area (Å²) in [5.74, 6) is 0. The maximum Gasteiger partial charge on any atom is 0.135 e. The maximum absolute atomic E-state index is 5.98. The van der Waals surface area contributed by atoms with Crippen LogP contribution in [0, 0.1) is 0 Å². The minimum atomic E-state index is -0.0891. The fourth-order valence-electron chi connectivity index (χ4n) is 1.36. The van der Waals surface area contributed by atoms with E-state index >= 15 is 0 Å². The first-order valence-corrected chi connectivity index (χ1v) is 5.68. The van der Waals surface area contributed by atoms with E-state index in [1.54, 1.807) is 6.07 Å². The zero-order chi connectivity index (χ0) is 11.3. The van der Waals surface area contributed by atoms with Gasteiger partial charge in [0.15, 0.2) is 0 Å². The first kappa shape index (κ1) is 12.7. The molecule has 0 unspecified atom stereocenters. The molecule has 1 aromatic rings. The van der Waals surface area contributed by atoms with E-state index in [0.717, 1.165) is 24.8 Å². The molecule has 0 bridgehead atoms. The lowest BCUT2D eigenvalue weighted by molar-refractivity contribution is 0.590. The minimum Gasteiger partial charge on any atom is -0.330 e. The summed E-state index contributed by atoms with van der Waals surface area (Å²) in [4.78, 5) is 3.95. The van der Waals surface area contributed by atoms with Gasteiger partial charge in [0.05, 0.1) is 0 Å². The van der Waals surface area contributed by atoms with Crippen molar-refractivity contribution in [2.24, 2.45) is 11.5 Å². The number of hydrogen-bond donors (Lipinski definition) is 2. The van der Waals surface area contributed by atoms with Crippen molar-refractivity contribution >= 4 is 23.2 Å². The molecule has 0 spiro atoms. The van der Waals surface area contributed by atoms with Crippen molar-refractivity contribution in [3.05, 3.63) is 28.0 Å². The molecule has 4 N–H and O–H groups in total. The van der Waals surface area contributed by atoms with Gasteiger partial charge in [-0.25, -0.2) is 4.98 Å². The Hall–Kier alpha value is -0.350. The number of rotatable bonds is 5. The van der Waals surface area contributed by atoms with Gasteiger partial charge in [-0.15, -0.1) is 0 Å². The van der Waals surface area contributed by atoms with Gasteiger partial charge >= 0.3 is 0 Å². The molecular formula is C10H15Cl2N3. The second kappa shape index (κ2) is 6.28. The molecule has 15 heavy (non-hydrogen) atoms. The van der Waals surface area contributed by atoms with E-state index in [0.29, 0.717) is 16.9 Å². The Morgan fingerprint density at radius 1 is 1.27 bits per heavy atom. The highest BCUT2D eigenvalue weighted by atomic mass is 35.5. The predicted octanol–water partition coefficient (Wildman–Crippen LogP) is 2.52. The monoisotopic (exact) mass is 247 g/mol. The number of nitrogens with two attached hydrogens (primary N) is 2. The topological polar surface area (TPSA) is 64.9 Å². The van der Waals surface area contributed by atoms with Crippen LogP contribution >= 0.6 is 23.2 Å². The molecule has 3 nitrogen and oxygen atoms in total. The summed E-state index contributed by atoms with van der Waals surface area (Å²) < 4.78 is 0. The maximum atomic E-state index is 5.98. The van der Waals surface area contributed by atoms with E-state index in [9.17, 15) is 0 Å². The molecule has 0 aliphatic heterocycles. The van der Waals surface area contributed by atoms with Crippen molar-refractivity contribution in [1.82, 2.24) is 4.98 Å². The van der Waals surface area contributed by atoms with Crippen LogP contribution in [0.3, 0.4) is 0 Å². The van der Waals surface area contributed by atoms with E-state index in [2.05, 4.69) is 4.98 Å². The Kier molecular flexibility index (Phi) is 5.32. The normalized spacial score (nSPS) is 12.8. The Morgan fingerprint density at radius 2 is 2.00 bits per heavy atom. The summed E-state index contributed by atoms with van der Waals surface area (Å²) in [6.45, 7) is 0.694. The van der Waals surface area contributed by atoms with Crippen LogP contribution in [-0.2, 0) is 0 Å². The number of aromatic nitrogens is 1. The number of hydrogen-bond acceptors (Lipinski definition) is 3. The first-order valence-electron chi connectivity index (χ1n) is 4.92. The molecule has 1 aromatic heterocycles. The van der Waals surface area contributed by atoms with Crippen LogP contribution in [0.25, 0.3) is 0 Å². The lowest BCUT2D eigenvalue weighted by Crippen LogP contribution is -2.12. The lowest BCUT2D eigenvalue weighted by Gasteiger charge is -2.12. The van der Waals surface area contributed by atoms with Crippen molar-refractivity contribution < 1.29 is 0 Å². The fourth-order valence-corrected chi connectivity index (χ4v) is 1.85. The first-order chi connectivity index (χ1) is 7.15. The highest BCUT2D eigenvalue weighted by Crippen LogP contribution is 2.24. The third kappa shape index (κ3) is 3.95. The average molecular weight is 248 g/mol. The zero-order valence-corrected chi connectivity index (χ0v) is 9.93. The molecule has 0 aliphatic rings. The van der Waals surface area contributed by atoms with Gasteiger partial charge in [0.25, 0.3) is 0 Å². The van der Waals surface area contributed by atoms with Gasteiger partial charge in [0.2, 0.25) is 0 Å². The van der Waals surface area contributed by atoms with Gasteiger partial charge in [0.1, 0.15) is 10.3 Å². The van der Waals surface area contributed by atoms with E-state index in [1.807, 2.05) is 6.07 Å². The van der Waals surface area contributed by atoms with E-state index in [-0.39, 0.29) is 6.04 Å². The van der Waals surface area contributed by atoms with Crippen LogP contribution in [0.4, 0.5) is 0 Å². The third-order valence-electron chi connectivity index (χ3n) is 2.21. The summed E-state index contributed by atoms with van der Waals surface area (Å²) in [5.41, 5.74) is 12.2. The van der Waals surface area contributed by atoms with E-state index in [4.69, 9.17) is 34.7 Å². The van der Waals surface area contributed by atoms with E-state index < -0.39 is 0 Å². The highest BCUT2D eigenvalue weighted by molar-refractivity contribution is 6.32. The highest BCUT2D eigenvalue weighted by Gasteiger charge is 2.10.